The Kier molecular flexibility index (Phi) is 2.03. The van der Waals surface area contributed by atoms with Gasteiger partial charge >= 0.3 is 0 Å². The third kappa shape index (κ3) is 1.45. The first-order valence-electron chi connectivity index (χ1n) is 3.24. The van der Waals surface area contributed by atoms with Crippen molar-refractivity contribution in [2.24, 2.45) is 0 Å². The number of ether oxygens (including phenoxy) is 1. The van der Waals surface area contributed by atoms with Gasteiger partial charge in [-0.1, -0.05) is 5.46 Å². The fraction of sp³-hybridized carbons (Fsp3) is 0.143. The van der Waals surface area contributed by atoms with Crippen LogP contribution in [0.4, 0.5) is 10.1 Å². The summed E-state index contributed by atoms with van der Waals surface area (Å²) >= 11 is 0. The minimum atomic E-state index is -0.325. The maximum atomic E-state index is 12.7. The highest BCUT2D eigenvalue weighted by Crippen LogP contribution is 2.18. The van der Waals surface area contributed by atoms with E-state index < -0.39 is 0 Å². The molecule has 0 fully saturated rings. The third-order valence-electron chi connectivity index (χ3n) is 1.53. The molecule has 11 heavy (non-hydrogen) atoms. The minimum Gasteiger partial charge on any atom is -0.495 e. The number of nitrogen functional groups attached to an aromatic ring is 1. The molecule has 0 amide bonds. The Morgan fingerprint density at radius 3 is 2.73 bits per heavy atom. The van der Waals surface area contributed by atoms with Crippen LogP contribution in [0.3, 0.4) is 0 Å². The van der Waals surface area contributed by atoms with Crippen LogP contribution in [0.1, 0.15) is 0 Å². The molecule has 1 aromatic rings. The molecule has 0 aliphatic rings. The molecule has 58 valence electrons. The first kappa shape index (κ1) is 7.92. The van der Waals surface area contributed by atoms with Gasteiger partial charge < -0.3 is 10.5 Å². The minimum absolute atomic E-state index is 0.325. The standard InChI is InChI=1S/C7H9BFNO/c1-11-6-3-4(9)2-5(8)7(6)10/h2-3H,8,10H2,1H3. The van der Waals surface area contributed by atoms with Gasteiger partial charge in [0.05, 0.1) is 12.8 Å². The molecule has 0 atom stereocenters. The molecule has 1 rings (SSSR count). The SMILES string of the molecule is Bc1cc(F)cc(OC)c1N. The van der Waals surface area contributed by atoms with Crippen LogP contribution in [-0.4, -0.2) is 15.0 Å². The topological polar surface area (TPSA) is 35.2 Å². The van der Waals surface area contributed by atoms with Crippen LogP contribution >= 0.6 is 0 Å². The lowest BCUT2D eigenvalue weighted by Gasteiger charge is -2.06. The van der Waals surface area contributed by atoms with Crippen LogP contribution in [0.15, 0.2) is 12.1 Å². The van der Waals surface area contributed by atoms with Gasteiger partial charge in [-0.05, 0) is 6.07 Å². The molecule has 0 radical (unpaired) electrons. The second kappa shape index (κ2) is 2.82. The number of anilines is 1. The highest BCUT2D eigenvalue weighted by atomic mass is 19.1. The monoisotopic (exact) mass is 153 g/mol. The second-order valence-electron chi connectivity index (χ2n) is 2.34. The van der Waals surface area contributed by atoms with E-state index in [1.165, 1.54) is 19.2 Å². The Balaban J connectivity index is 3.24. The Morgan fingerprint density at radius 2 is 2.18 bits per heavy atom. The Morgan fingerprint density at radius 1 is 1.55 bits per heavy atom. The number of methoxy groups -OCH3 is 1. The molecule has 0 aromatic heterocycles. The van der Waals surface area contributed by atoms with E-state index in [2.05, 4.69) is 0 Å². The fourth-order valence-electron chi connectivity index (χ4n) is 0.892. The number of nitrogens with two attached hydrogens (primary N) is 1. The molecule has 0 spiro atoms. The van der Waals surface area contributed by atoms with Crippen molar-refractivity contribution in [1.29, 1.82) is 0 Å². The average Bonchev–Trinajstić information content (AvgIpc) is 1.96. The zero-order valence-electron chi connectivity index (χ0n) is 6.52. The van der Waals surface area contributed by atoms with Gasteiger partial charge in [0.15, 0.2) is 0 Å². The van der Waals surface area contributed by atoms with Gasteiger partial charge in [0.2, 0.25) is 0 Å². The van der Waals surface area contributed by atoms with E-state index >= 15 is 0 Å². The molecule has 0 aliphatic heterocycles. The van der Waals surface area contributed by atoms with Crippen molar-refractivity contribution in [2.45, 2.75) is 0 Å². The van der Waals surface area contributed by atoms with Crippen molar-refractivity contribution < 1.29 is 9.13 Å². The van der Waals surface area contributed by atoms with E-state index in [1.807, 2.05) is 0 Å². The van der Waals surface area contributed by atoms with Gasteiger partial charge in [-0.25, -0.2) is 4.39 Å². The summed E-state index contributed by atoms with van der Waals surface area (Å²) in [6, 6.07) is 2.64. The molecule has 0 unspecified atom stereocenters. The predicted octanol–water partition coefficient (Wildman–Crippen LogP) is -0.325. The van der Waals surface area contributed by atoms with Crippen molar-refractivity contribution in [2.75, 3.05) is 12.8 Å². The maximum absolute atomic E-state index is 12.7. The summed E-state index contributed by atoms with van der Waals surface area (Å²) in [7, 11) is 3.20. The van der Waals surface area contributed by atoms with Crippen molar-refractivity contribution in [3.8, 4) is 5.75 Å². The first-order valence-corrected chi connectivity index (χ1v) is 3.24. The molecule has 4 heteroatoms. The summed E-state index contributed by atoms with van der Waals surface area (Å²) in [5.74, 6) is 0.0658. The molecular formula is C7H9BFNO. The lowest BCUT2D eigenvalue weighted by molar-refractivity contribution is 0.414. The van der Waals surface area contributed by atoms with Crippen molar-refractivity contribution in [3.63, 3.8) is 0 Å². The van der Waals surface area contributed by atoms with E-state index in [1.54, 1.807) is 7.85 Å². The van der Waals surface area contributed by atoms with Crippen LogP contribution in [0.25, 0.3) is 0 Å². The molecule has 0 saturated carbocycles. The van der Waals surface area contributed by atoms with E-state index in [4.69, 9.17) is 10.5 Å². The second-order valence-corrected chi connectivity index (χ2v) is 2.34. The van der Waals surface area contributed by atoms with Gasteiger partial charge in [0, 0.05) is 6.07 Å². The van der Waals surface area contributed by atoms with Crippen LogP contribution in [0.2, 0.25) is 0 Å². The lowest BCUT2D eigenvalue weighted by atomic mass is 9.94. The van der Waals surface area contributed by atoms with Gasteiger partial charge in [0.25, 0.3) is 0 Å². The average molecular weight is 153 g/mol. The molecular weight excluding hydrogens is 144 g/mol. The van der Waals surface area contributed by atoms with Crippen LogP contribution in [0, 0.1) is 5.82 Å². The van der Waals surface area contributed by atoms with Gasteiger partial charge in [-0.2, -0.15) is 0 Å². The summed E-state index contributed by atoms with van der Waals surface area (Å²) in [6.07, 6.45) is 0. The molecule has 0 saturated heterocycles. The highest BCUT2D eigenvalue weighted by molar-refractivity contribution is 6.36. The number of halogens is 1. The quantitative estimate of drug-likeness (QED) is 0.443. The van der Waals surface area contributed by atoms with E-state index in [0.717, 1.165) is 0 Å². The normalized spacial score (nSPS) is 9.64. The smallest absolute Gasteiger partial charge is 0.144 e. The third-order valence-corrected chi connectivity index (χ3v) is 1.53. The van der Waals surface area contributed by atoms with Crippen molar-refractivity contribution in [3.05, 3.63) is 17.9 Å². The molecule has 0 bridgehead atoms. The molecule has 0 heterocycles. The number of benzene rings is 1. The summed E-state index contributed by atoms with van der Waals surface area (Å²) < 4.78 is 17.5. The number of hydrogen-bond acceptors (Lipinski definition) is 2. The first-order chi connectivity index (χ1) is 5.15. The van der Waals surface area contributed by atoms with Crippen LogP contribution in [-0.2, 0) is 0 Å². The van der Waals surface area contributed by atoms with Crippen molar-refractivity contribution >= 4 is 19.0 Å². The summed E-state index contributed by atoms with van der Waals surface area (Å²) in [5.41, 5.74) is 6.76. The van der Waals surface area contributed by atoms with E-state index in [9.17, 15) is 4.39 Å². The number of hydrogen-bond donors (Lipinski definition) is 1. The van der Waals surface area contributed by atoms with E-state index in [-0.39, 0.29) is 5.82 Å². The number of rotatable bonds is 1. The zero-order valence-corrected chi connectivity index (χ0v) is 6.52. The molecule has 0 aliphatic carbocycles. The zero-order chi connectivity index (χ0) is 8.43. The fourth-order valence-corrected chi connectivity index (χ4v) is 0.892. The van der Waals surface area contributed by atoms with E-state index in [0.29, 0.717) is 16.9 Å². The maximum Gasteiger partial charge on any atom is 0.144 e. The molecule has 2 nitrogen and oxygen atoms in total. The Bertz CT molecular complexity index is 277. The summed E-state index contributed by atoms with van der Waals surface area (Å²) in [5, 5.41) is 0. The Hall–Kier alpha value is -1.19. The molecule has 2 N–H and O–H groups in total. The molecule has 1 aromatic carbocycles. The lowest BCUT2D eigenvalue weighted by Crippen LogP contribution is -2.11. The Labute approximate surface area is 65.6 Å². The van der Waals surface area contributed by atoms with Crippen molar-refractivity contribution in [1.82, 2.24) is 0 Å². The predicted molar refractivity (Wildman–Crippen MR) is 45.5 cm³/mol. The van der Waals surface area contributed by atoms with Crippen LogP contribution < -0.4 is 15.9 Å². The highest BCUT2D eigenvalue weighted by Gasteiger charge is 2.03. The van der Waals surface area contributed by atoms with Crippen LogP contribution in [0.5, 0.6) is 5.75 Å². The summed E-state index contributed by atoms with van der Waals surface area (Å²) in [4.78, 5) is 0. The van der Waals surface area contributed by atoms with Gasteiger partial charge in [-0.3, -0.25) is 0 Å². The summed E-state index contributed by atoms with van der Waals surface area (Å²) in [6.45, 7) is 0. The largest absolute Gasteiger partial charge is 0.495 e. The van der Waals surface area contributed by atoms with Gasteiger partial charge in [-0.15, -0.1) is 0 Å². The van der Waals surface area contributed by atoms with Gasteiger partial charge in [0.1, 0.15) is 19.4 Å².